The van der Waals surface area contributed by atoms with Crippen molar-refractivity contribution in [3.8, 4) is 5.75 Å². The number of ether oxygens (including phenoxy) is 1. The van der Waals surface area contributed by atoms with Crippen molar-refractivity contribution in [2.45, 2.75) is 33.2 Å². The fourth-order valence-corrected chi connectivity index (χ4v) is 3.50. The standard InChI is InChI=1S/C21H28N2O4S/c1-5-18-8-10-19(11-9-18)23(28(4,25)26)14-21(24)22-17(3)15-27-20-12-6-16(2)7-13-20/h6-13,17H,5,14-15H2,1-4H3,(H,22,24). The van der Waals surface area contributed by atoms with E-state index < -0.39 is 10.0 Å². The lowest BCUT2D eigenvalue weighted by molar-refractivity contribution is -0.120. The zero-order valence-electron chi connectivity index (χ0n) is 16.8. The Morgan fingerprint density at radius 1 is 1.11 bits per heavy atom. The first-order chi connectivity index (χ1) is 13.2. The van der Waals surface area contributed by atoms with Gasteiger partial charge in [0.05, 0.1) is 18.0 Å². The topological polar surface area (TPSA) is 75.7 Å². The van der Waals surface area contributed by atoms with Crippen LogP contribution in [0.25, 0.3) is 0 Å². The molecule has 0 radical (unpaired) electrons. The van der Waals surface area contributed by atoms with Crippen LogP contribution in [0, 0.1) is 6.92 Å². The van der Waals surface area contributed by atoms with E-state index in [-0.39, 0.29) is 18.5 Å². The Labute approximate surface area is 167 Å². The summed E-state index contributed by atoms with van der Waals surface area (Å²) in [7, 11) is -3.59. The van der Waals surface area contributed by atoms with E-state index in [2.05, 4.69) is 5.32 Å². The summed E-state index contributed by atoms with van der Waals surface area (Å²) < 4.78 is 31.1. The lowest BCUT2D eigenvalue weighted by atomic mass is 10.1. The molecule has 1 N–H and O–H groups in total. The van der Waals surface area contributed by atoms with Gasteiger partial charge in [0, 0.05) is 0 Å². The monoisotopic (exact) mass is 404 g/mol. The van der Waals surface area contributed by atoms with Gasteiger partial charge in [0.2, 0.25) is 15.9 Å². The Bertz CT molecular complexity index is 878. The van der Waals surface area contributed by atoms with Crippen molar-refractivity contribution in [3.63, 3.8) is 0 Å². The molecule has 2 aromatic rings. The Morgan fingerprint density at radius 3 is 2.25 bits per heavy atom. The molecule has 0 aliphatic carbocycles. The number of amides is 1. The summed E-state index contributed by atoms with van der Waals surface area (Å²) in [4.78, 5) is 12.4. The van der Waals surface area contributed by atoms with Crippen LogP contribution in [0.15, 0.2) is 48.5 Å². The van der Waals surface area contributed by atoms with Crippen LogP contribution in [0.2, 0.25) is 0 Å². The van der Waals surface area contributed by atoms with E-state index in [1.807, 2.05) is 57.2 Å². The summed E-state index contributed by atoms with van der Waals surface area (Å²) >= 11 is 0. The predicted molar refractivity (Wildman–Crippen MR) is 112 cm³/mol. The van der Waals surface area contributed by atoms with Gasteiger partial charge in [-0.25, -0.2) is 8.42 Å². The van der Waals surface area contributed by atoms with E-state index >= 15 is 0 Å². The Hall–Kier alpha value is -2.54. The molecular formula is C21H28N2O4S. The Kier molecular flexibility index (Phi) is 7.45. The second-order valence-corrected chi connectivity index (χ2v) is 8.79. The smallest absolute Gasteiger partial charge is 0.241 e. The second kappa shape index (κ2) is 9.59. The highest BCUT2D eigenvalue weighted by atomic mass is 32.2. The summed E-state index contributed by atoms with van der Waals surface area (Å²) in [6.45, 7) is 5.85. The van der Waals surface area contributed by atoms with Gasteiger partial charge in [-0.15, -0.1) is 0 Å². The van der Waals surface area contributed by atoms with Crippen molar-refractivity contribution in [1.29, 1.82) is 0 Å². The zero-order valence-corrected chi connectivity index (χ0v) is 17.6. The number of anilines is 1. The van der Waals surface area contributed by atoms with Gasteiger partial charge in [0.25, 0.3) is 0 Å². The number of rotatable bonds is 9. The molecule has 0 aliphatic heterocycles. The number of hydrogen-bond donors (Lipinski definition) is 1. The molecule has 2 rings (SSSR count). The maximum atomic E-state index is 12.4. The minimum atomic E-state index is -3.59. The average molecular weight is 405 g/mol. The highest BCUT2D eigenvalue weighted by molar-refractivity contribution is 7.92. The third-order valence-electron chi connectivity index (χ3n) is 4.25. The highest BCUT2D eigenvalue weighted by Gasteiger charge is 2.21. The number of carbonyl (C=O) groups is 1. The molecule has 152 valence electrons. The zero-order chi connectivity index (χ0) is 20.7. The molecule has 0 aromatic heterocycles. The Morgan fingerprint density at radius 2 is 1.71 bits per heavy atom. The van der Waals surface area contributed by atoms with Crippen LogP contribution in [-0.4, -0.2) is 39.8 Å². The normalized spacial score (nSPS) is 12.3. The molecule has 7 heteroatoms. The van der Waals surface area contributed by atoms with E-state index in [0.29, 0.717) is 12.3 Å². The number of benzene rings is 2. The van der Waals surface area contributed by atoms with E-state index in [1.165, 1.54) is 0 Å². The van der Waals surface area contributed by atoms with Crippen molar-refractivity contribution in [3.05, 3.63) is 59.7 Å². The number of nitrogens with zero attached hydrogens (tertiary/aromatic N) is 1. The van der Waals surface area contributed by atoms with Crippen LogP contribution in [-0.2, 0) is 21.2 Å². The molecule has 0 saturated heterocycles. The summed E-state index contributed by atoms with van der Waals surface area (Å²) in [5.74, 6) is 0.338. The van der Waals surface area contributed by atoms with E-state index in [1.54, 1.807) is 12.1 Å². The molecular weight excluding hydrogens is 376 g/mol. The molecule has 0 saturated carbocycles. The second-order valence-electron chi connectivity index (χ2n) is 6.88. The number of sulfonamides is 1. The van der Waals surface area contributed by atoms with Crippen molar-refractivity contribution < 1.29 is 17.9 Å². The summed E-state index contributed by atoms with van der Waals surface area (Å²) in [5.41, 5.74) is 2.71. The SMILES string of the molecule is CCc1ccc(N(CC(=O)NC(C)COc2ccc(C)cc2)S(C)(=O)=O)cc1. The largest absolute Gasteiger partial charge is 0.491 e. The predicted octanol–water partition coefficient (Wildman–Crippen LogP) is 2.91. The molecule has 28 heavy (non-hydrogen) atoms. The number of carbonyl (C=O) groups excluding carboxylic acids is 1. The first kappa shape index (κ1) is 21.8. The summed E-state index contributed by atoms with van der Waals surface area (Å²) in [6, 6.07) is 14.5. The van der Waals surface area contributed by atoms with Crippen LogP contribution >= 0.6 is 0 Å². The first-order valence-electron chi connectivity index (χ1n) is 9.24. The van der Waals surface area contributed by atoms with Crippen molar-refractivity contribution in [1.82, 2.24) is 5.32 Å². The van der Waals surface area contributed by atoms with Gasteiger partial charge in [-0.3, -0.25) is 9.10 Å². The average Bonchev–Trinajstić information content (AvgIpc) is 2.65. The molecule has 1 amide bonds. The summed E-state index contributed by atoms with van der Waals surface area (Å²) in [6.07, 6.45) is 1.95. The maximum Gasteiger partial charge on any atom is 0.241 e. The van der Waals surface area contributed by atoms with Crippen molar-refractivity contribution >= 4 is 21.6 Å². The van der Waals surface area contributed by atoms with Crippen LogP contribution in [0.4, 0.5) is 5.69 Å². The quantitative estimate of drug-likeness (QED) is 0.697. The molecule has 0 fully saturated rings. The van der Waals surface area contributed by atoms with Crippen LogP contribution < -0.4 is 14.4 Å². The minimum Gasteiger partial charge on any atom is -0.491 e. The Balaban J connectivity index is 1.95. The fraction of sp³-hybridized carbons (Fsp3) is 0.381. The lowest BCUT2D eigenvalue weighted by Gasteiger charge is -2.23. The van der Waals surface area contributed by atoms with Gasteiger partial charge in [0.1, 0.15) is 18.9 Å². The number of nitrogens with one attached hydrogen (secondary N) is 1. The molecule has 0 spiro atoms. The molecule has 1 atom stereocenters. The van der Waals surface area contributed by atoms with Gasteiger partial charge in [-0.1, -0.05) is 36.8 Å². The summed E-state index contributed by atoms with van der Waals surface area (Å²) in [5, 5.41) is 2.79. The van der Waals surface area contributed by atoms with Crippen molar-refractivity contribution in [2.24, 2.45) is 0 Å². The van der Waals surface area contributed by atoms with E-state index in [0.717, 1.165) is 33.9 Å². The van der Waals surface area contributed by atoms with Crippen LogP contribution in [0.5, 0.6) is 5.75 Å². The van der Waals surface area contributed by atoms with Gasteiger partial charge in [0.15, 0.2) is 0 Å². The molecule has 0 heterocycles. The minimum absolute atomic E-state index is 0.266. The van der Waals surface area contributed by atoms with E-state index in [9.17, 15) is 13.2 Å². The highest BCUT2D eigenvalue weighted by Crippen LogP contribution is 2.18. The molecule has 6 nitrogen and oxygen atoms in total. The molecule has 0 bridgehead atoms. The van der Waals surface area contributed by atoms with Gasteiger partial charge < -0.3 is 10.1 Å². The molecule has 0 aliphatic rings. The molecule has 2 aromatic carbocycles. The van der Waals surface area contributed by atoms with Crippen LogP contribution in [0.1, 0.15) is 25.0 Å². The molecule has 1 unspecified atom stereocenters. The third kappa shape index (κ3) is 6.56. The fourth-order valence-electron chi connectivity index (χ4n) is 2.65. The third-order valence-corrected chi connectivity index (χ3v) is 5.39. The maximum absolute atomic E-state index is 12.4. The van der Waals surface area contributed by atoms with Gasteiger partial charge >= 0.3 is 0 Å². The van der Waals surface area contributed by atoms with Crippen LogP contribution in [0.3, 0.4) is 0 Å². The lowest BCUT2D eigenvalue weighted by Crippen LogP contribution is -2.44. The number of aryl methyl sites for hydroxylation is 2. The van der Waals surface area contributed by atoms with Crippen molar-refractivity contribution in [2.75, 3.05) is 23.7 Å². The number of hydrogen-bond acceptors (Lipinski definition) is 4. The van der Waals surface area contributed by atoms with Gasteiger partial charge in [-0.05, 0) is 50.1 Å². The van der Waals surface area contributed by atoms with Gasteiger partial charge in [-0.2, -0.15) is 0 Å². The first-order valence-corrected chi connectivity index (χ1v) is 11.1. The van der Waals surface area contributed by atoms with E-state index in [4.69, 9.17) is 4.74 Å².